The lowest BCUT2D eigenvalue weighted by Gasteiger charge is -2.15. The van der Waals surface area contributed by atoms with E-state index in [2.05, 4.69) is 0 Å². The molecule has 1 unspecified atom stereocenters. The Kier molecular flexibility index (Phi) is 4.33. The third kappa shape index (κ3) is 2.85. The Hall–Kier alpha value is -1.67. The van der Waals surface area contributed by atoms with Gasteiger partial charge in [-0.05, 0) is 24.1 Å². The van der Waals surface area contributed by atoms with Gasteiger partial charge in [-0.3, -0.25) is 4.79 Å². The van der Waals surface area contributed by atoms with Gasteiger partial charge in [0.15, 0.2) is 5.78 Å². The molecule has 2 rings (SSSR count). The average molecular weight is 277 g/mol. The molecule has 0 aliphatic heterocycles. The summed E-state index contributed by atoms with van der Waals surface area (Å²) in [6.45, 7) is 1.91. The van der Waals surface area contributed by atoms with Crippen molar-refractivity contribution in [2.75, 3.05) is 0 Å². The molecule has 0 aliphatic rings. The molecule has 0 amide bonds. The van der Waals surface area contributed by atoms with Gasteiger partial charge in [0.05, 0.1) is 10.6 Å². The van der Waals surface area contributed by atoms with E-state index < -0.39 is 5.82 Å². The van der Waals surface area contributed by atoms with Crippen LogP contribution in [-0.2, 0) is 0 Å². The van der Waals surface area contributed by atoms with E-state index in [1.807, 2.05) is 37.3 Å². The molecule has 0 aliphatic carbocycles. The number of halogens is 2. The second-order valence-corrected chi connectivity index (χ2v) is 4.74. The van der Waals surface area contributed by atoms with E-state index in [1.165, 1.54) is 18.2 Å². The highest BCUT2D eigenvalue weighted by atomic mass is 35.5. The Morgan fingerprint density at radius 1 is 1.16 bits per heavy atom. The van der Waals surface area contributed by atoms with Crippen LogP contribution in [0.25, 0.3) is 0 Å². The standard InChI is InChI=1S/C16H14ClFO/c1-2-12(11-7-4-3-5-8-11)16(19)15-13(17)9-6-10-14(15)18/h3-10,12H,2H2,1H3. The summed E-state index contributed by atoms with van der Waals surface area (Å²) in [5, 5.41) is 0.166. The Morgan fingerprint density at radius 2 is 1.84 bits per heavy atom. The molecule has 1 atom stereocenters. The largest absolute Gasteiger partial charge is 0.293 e. The molecule has 2 aromatic carbocycles. The van der Waals surface area contributed by atoms with Crippen LogP contribution in [0.3, 0.4) is 0 Å². The second kappa shape index (κ2) is 5.98. The third-order valence-corrected chi connectivity index (χ3v) is 3.45. The summed E-state index contributed by atoms with van der Waals surface area (Å²) < 4.78 is 13.8. The maximum absolute atomic E-state index is 13.8. The van der Waals surface area contributed by atoms with Gasteiger partial charge >= 0.3 is 0 Å². The van der Waals surface area contributed by atoms with Gasteiger partial charge in [0.25, 0.3) is 0 Å². The van der Waals surface area contributed by atoms with Crippen LogP contribution in [0.2, 0.25) is 5.02 Å². The van der Waals surface area contributed by atoms with Crippen LogP contribution in [0.4, 0.5) is 4.39 Å². The monoisotopic (exact) mass is 276 g/mol. The zero-order chi connectivity index (χ0) is 13.8. The minimum Gasteiger partial charge on any atom is -0.293 e. The molecule has 0 N–H and O–H groups in total. The third-order valence-electron chi connectivity index (χ3n) is 3.14. The average Bonchev–Trinajstić information content (AvgIpc) is 2.40. The van der Waals surface area contributed by atoms with E-state index in [-0.39, 0.29) is 22.3 Å². The molecule has 0 heterocycles. The lowest BCUT2D eigenvalue weighted by molar-refractivity contribution is 0.0953. The highest BCUT2D eigenvalue weighted by Crippen LogP contribution is 2.29. The lowest BCUT2D eigenvalue weighted by Crippen LogP contribution is -2.14. The molecular weight excluding hydrogens is 263 g/mol. The van der Waals surface area contributed by atoms with Gasteiger partial charge in [-0.25, -0.2) is 4.39 Å². The maximum atomic E-state index is 13.8. The van der Waals surface area contributed by atoms with Crippen molar-refractivity contribution < 1.29 is 9.18 Å². The fourth-order valence-corrected chi connectivity index (χ4v) is 2.42. The first kappa shape index (κ1) is 13.8. The molecule has 0 radical (unpaired) electrons. The van der Waals surface area contributed by atoms with E-state index in [0.29, 0.717) is 6.42 Å². The minimum atomic E-state index is -0.563. The SMILES string of the molecule is CCC(C(=O)c1c(F)cccc1Cl)c1ccccc1. The number of benzene rings is 2. The topological polar surface area (TPSA) is 17.1 Å². The van der Waals surface area contributed by atoms with Crippen molar-refractivity contribution in [3.8, 4) is 0 Å². The molecule has 2 aromatic rings. The Labute approximate surface area is 117 Å². The van der Waals surface area contributed by atoms with Crippen molar-refractivity contribution in [2.45, 2.75) is 19.3 Å². The summed E-state index contributed by atoms with van der Waals surface area (Å²) in [4.78, 5) is 12.5. The first-order valence-corrected chi connectivity index (χ1v) is 6.56. The summed E-state index contributed by atoms with van der Waals surface area (Å²) in [6, 6.07) is 13.7. The summed E-state index contributed by atoms with van der Waals surface area (Å²) in [5.74, 6) is -1.20. The summed E-state index contributed by atoms with van der Waals surface area (Å²) >= 11 is 5.95. The van der Waals surface area contributed by atoms with E-state index >= 15 is 0 Å². The van der Waals surface area contributed by atoms with Crippen molar-refractivity contribution in [3.05, 3.63) is 70.5 Å². The highest BCUT2D eigenvalue weighted by molar-refractivity contribution is 6.34. The molecule has 0 spiro atoms. The fourth-order valence-electron chi connectivity index (χ4n) is 2.17. The molecule has 19 heavy (non-hydrogen) atoms. The van der Waals surface area contributed by atoms with Crippen molar-refractivity contribution >= 4 is 17.4 Å². The fraction of sp³-hybridized carbons (Fsp3) is 0.188. The predicted molar refractivity (Wildman–Crippen MR) is 75.2 cm³/mol. The molecule has 1 nitrogen and oxygen atoms in total. The van der Waals surface area contributed by atoms with Crippen molar-refractivity contribution in [3.63, 3.8) is 0 Å². The van der Waals surface area contributed by atoms with Gasteiger partial charge in [0, 0.05) is 5.92 Å². The van der Waals surface area contributed by atoms with Crippen LogP contribution in [0, 0.1) is 5.82 Å². The van der Waals surface area contributed by atoms with Crippen LogP contribution < -0.4 is 0 Å². The zero-order valence-corrected chi connectivity index (χ0v) is 11.3. The van der Waals surface area contributed by atoms with Gasteiger partial charge in [-0.1, -0.05) is 54.9 Å². The van der Waals surface area contributed by atoms with Crippen molar-refractivity contribution in [1.82, 2.24) is 0 Å². The number of ketones is 1. The smallest absolute Gasteiger partial charge is 0.174 e. The van der Waals surface area contributed by atoms with E-state index in [0.717, 1.165) is 5.56 Å². The zero-order valence-electron chi connectivity index (χ0n) is 10.6. The molecule has 98 valence electrons. The Balaban J connectivity index is 2.42. The van der Waals surface area contributed by atoms with E-state index in [4.69, 9.17) is 11.6 Å². The van der Waals surface area contributed by atoms with Crippen LogP contribution >= 0.6 is 11.6 Å². The molecule has 0 fully saturated rings. The molecule has 3 heteroatoms. The van der Waals surface area contributed by atoms with E-state index in [1.54, 1.807) is 0 Å². The second-order valence-electron chi connectivity index (χ2n) is 4.33. The summed E-state index contributed by atoms with van der Waals surface area (Å²) in [7, 11) is 0. The van der Waals surface area contributed by atoms with Crippen LogP contribution in [0.1, 0.15) is 35.2 Å². The highest BCUT2D eigenvalue weighted by Gasteiger charge is 2.24. The van der Waals surface area contributed by atoms with Crippen LogP contribution in [0.15, 0.2) is 48.5 Å². The normalized spacial score (nSPS) is 12.2. The number of hydrogen-bond donors (Lipinski definition) is 0. The quantitative estimate of drug-likeness (QED) is 0.729. The molecule has 0 bridgehead atoms. The number of Topliss-reactive ketones (excluding diaryl/α,β-unsaturated/α-hetero) is 1. The molecule has 0 saturated heterocycles. The van der Waals surface area contributed by atoms with E-state index in [9.17, 15) is 9.18 Å². The predicted octanol–water partition coefficient (Wildman–Crippen LogP) is 4.86. The van der Waals surface area contributed by atoms with Gasteiger partial charge in [-0.15, -0.1) is 0 Å². The molecule has 0 aromatic heterocycles. The number of carbonyl (C=O) groups is 1. The van der Waals surface area contributed by atoms with Crippen molar-refractivity contribution in [2.24, 2.45) is 0 Å². The van der Waals surface area contributed by atoms with Gasteiger partial charge in [0.2, 0.25) is 0 Å². The van der Waals surface area contributed by atoms with Crippen molar-refractivity contribution in [1.29, 1.82) is 0 Å². The molecule has 0 saturated carbocycles. The lowest BCUT2D eigenvalue weighted by atomic mass is 9.88. The van der Waals surface area contributed by atoms with Gasteiger partial charge in [-0.2, -0.15) is 0 Å². The summed E-state index contributed by atoms with van der Waals surface area (Å²) in [5.41, 5.74) is 0.870. The first-order valence-electron chi connectivity index (χ1n) is 6.18. The minimum absolute atomic E-state index is 0.0140. The Morgan fingerprint density at radius 3 is 2.42 bits per heavy atom. The van der Waals surface area contributed by atoms with Crippen LogP contribution in [0.5, 0.6) is 0 Å². The number of carbonyl (C=O) groups excluding carboxylic acids is 1. The number of rotatable bonds is 4. The molecular formula is C16H14ClFO. The maximum Gasteiger partial charge on any atom is 0.174 e. The van der Waals surface area contributed by atoms with Gasteiger partial charge < -0.3 is 0 Å². The van der Waals surface area contributed by atoms with Gasteiger partial charge in [0.1, 0.15) is 5.82 Å². The Bertz CT molecular complexity index is 560. The number of hydrogen-bond acceptors (Lipinski definition) is 1. The summed E-state index contributed by atoms with van der Waals surface area (Å²) in [6.07, 6.45) is 0.605. The van der Waals surface area contributed by atoms with Crippen LogP contribution in [-0.4, -0.2) is 5.78 Å². The first-order chi connectivity index (χ1) is 9.15.